The van der Waals surface area contributed by atoms with Gasteiger partial charge in [0.2, 0.25) is 5.91 Å². The second-order valence-corrected chi connectivity index (χ2v) is 6.12. The summed E-state index contributed by atoms with van der Waals surface area (Å²) in [6.45, 7) is 3.58. The number of thiazole rings is 1. The molecule has 0 atom stereocenters. The molecule has 0 aliphatic heterocycles. The summed E-state index contributed by atoms with van der Waals surface area (Å²) in [4.78, 5) is 15.6. The molecule has 1 heterocycles. The molecular formula is C8H10BrClN2OS. The lowest BCUT2D eigenvalue weighted by molar-refractivity contribution is -0.122. The summed E-state index contributed by atoms with van der Waals surface area (Å²) in [5.74, 6) is 0.167. The molecule has 78 valence electrons. The van der Waals surface area contributed by atoms with Crippen molar-refractivity contribution in [3.8, 4) is 0 Å². The summed E-state index contributed by atoms with van der Waals surface area (Å²) in [5.41, 5.74) is -0.570. The summed E-state index contributed by atoms with van der Waals surface area (Å²) in [5, 5.41) is 3.29. The lowest BCUT2D eigenvalue weighted by atomic mass is 9.95. The van der Waals surface area contributed by atoms with Gasteiger partial charge in [-0.15, -0.1) is 11.6 Å². The largest absolute Gasteiger partial charge is 0.301 e. The molecule has 0 radical (unpaired) electrons. The second-order valence-electron chi connectivity index (χ2n) is 3.44. The molecule has 0 aliphatic carbocycles. The lowest BCUT2D eigenvalue weighted by Gasteiger charge is -2.18. The number of alkyl halides is 1. The molecule has 0 fully saturated rings. The number of nitrogens with one attached hydrogen (secondary N) is 1. The summed E-state index contributed by atoms with van der Waals surface area (Å²) < 4.78 is 0.886. The lowest BCUT2D eigenvalue weighted by Crippen LogP contribution is -2.32. The third-order valence-electron chi connectivity index (χ3n) is 1.65. The van der Waals surface area contributed by atoms with Crippen molar-refractivity contribution in [2.24, 2.45) is 5.41 Å². The highest BCUT2D eigenvalue weighted by molar-refractivity contribution is 9.11. The van der Waals surface area contributed by atoms with Crippen LogP contribution in [-0.2, 0) is 4.79 Å². The standard InChI is InChI=1S/C8H10BrClN2OS/c1-8(2,4-10)6(13)12-7-11-3-5(9)14-7/h3H,4H2,1-2H3,(H,11,12,13). The van der Waals surface area contributed by atoms with Gasteiger partial charge >= 0.3 is 0 Å². The van der Waals surface area contributed by atoms with E-state index in [9.17, 15) is 4.79 Å². The Morgan fingerprint density at radius 3 is 2.86 bits per heavy atom. The average molecular weight is 298 g/mol. The monoisotopic (exact) mass is 296 g/mol. The summed E-state index contributed by atoms with van der Waals surface area (Å²) >= 11 is 10.3. The van der Waals surface area contributed by atoms with E-state index in [1.54, 1.807) is 20.0 Å². The molecule has 0 aromatic carbocycles. The molecule has 0 unspecified atom stereocenters. The van der Waals surface area contributed by atoms with Gasteiger partial charge in [0, 0.05) is 5.88 Å². The van der Waals surface area contributed by atoms with Crippen LogP contribution in [0.5, 0.6) is 0 Å². The molecule has 14 heavy (non-hydrogen) atoms. The molecule has 0 spiro atoms. The highest BCUT2D eigenvalue weighted by atomic mass is 79.9. The number of hydrogen-bond donors (Lipinski definition) is 1. The predicted octanol–water partition coefficient (Wildman–Crippen LogP) is 3.11. The normalized spacial score (nSPS) is 11.4. The highest BCUT2D eigenvalue weighted by Gasteiger charge is 2.27. The fourth-order valence-electron chi connectivity index (χ4n) is 0.639. The minimum atomic E-state index is -0.570. The summed E-state index contributed by atoms with van der Waals surface area (Å²) in [7, 11) is 0. The van der Waals surface area contributed by atoms with E-state index in [2.05, 4.69) is 26.2 Å². The van der Waals surface area contributed by atoms with Gasteiger partial charge in [0.25, 0.3) is 0 Å². The van der Waals surface area contributed by atoms with Gasteiger partial charge in [-0.05, 0) is 29.8 Å². The number of hydrogen-bond acceptors (Lipinski definition) is 3. The maximum atomic E-state index is 11.6. The minimum Gasteiger partial charge on any atom is -0.301 e. The van der Waals surface area contributed by atoms with E-state index in [4.69, 9.17) is 11.6 Å². The van der Waals surface area contributed by atoms with E-state index < -0.39 is 5.41 Å². The van der Waals surface area contributed by atoms with Crippen LogP contribution in [0.3, 0.4) is 0 Å². The number of amides is 1. The van der Waals surface area contributed by atoms with Gasteiger partial charge in [0.05, 0.1) is 15.4 Å². The van der Waals surface area contributed by atoms with Crippen LogP contribution < -0.4 is 5.32 Å². The Balaban J connectivity index is 2.66. The van der Waals surface area contributed by atoms with Crippen LogP contribution in [0.15, 0.2) is 9.98 Å². The Labute approximate surface area is 100.0 Å². The van der Waals surface area contributed by atoms with Crippen molar-refractivity contribution in [3.05, 3.63) is 9.98 Å². The molecule has 0 bridgehead atoms. The number of carbonyl (C=O) groups excluding carboxylic acids is 1. The van der Waals surface area contributed by atoms with Gasteiger partial charge < -0.3 is 5.32 Å². The van der Waals surface area contributed by atoms with Gasteiger partial charge in [-0.25, -0.2) is 4.98 Å². The molecule has 1 aromatic rings. The number of anilines is 1. The van der Waals surface area contributed by atoms with Crippen molar-refractivity contribution < 1.29 is 4.79 Å². The molecule has 1 rings (SSSR count). The topological polar surface area (TPSA) is 42.0 Å². The van der Waals surface area contributed by atoms with Crippen LogP contribution in [0.2, 0.25) is 0 Å². The van der Waals surface area contributed by atoms with Crippen molar-refractivity contribution in [1.82, 2.24) is 4.98 Å². The first-order valence-corrected chi connectivity index (χ1v) is 6.09. The number of nitrogens with zero attached hydrogens (tertiary/aromatic N) is 1. The molecule has 6 heteroatoms. The van der Waals surface area contributed by atoms with Crippen molar-refractivity contribution in [3.63, 3.8) is 0 Å². The van der Waals surface area contributed by atoms with Crippen LogP contribution in [0.1, 0.15) is 13.8 Å². The molecule has 3 nitrogen and oxygen atoms in total. The molecule has 0 saturated heterocycles. The average Bonchev–Trinajstić information content (AvgIpc) is 2.51. The quantitative estimate of drug-likeness (QED) is 0.871. The van der Waals surface area contributed by atoms with Crippen LogP contribution in [0.25, 0.3) is 0 Å². The van der Waals surface area contributed by atoms with Crippen molar-refractivity contribution in [1.29, 1.82) is 0 Å². The van der Waals surface area contributed by atoms with Gasteiger partial charge in [0.15, 0.2) is 5.13 Å². The number of rotatable bonds is 3. The summed E-state index contributed by atoms with van der Waals surface area (Å²) in [6, 6.07) is 0. The Hall–Kier alpha value is -0.130. The molecular weight excluding hydrogens is 288 g/mol. The fourth-order valence-corrected chi connectivity index (χ4v) is 1.86. The molecule has 0 aliphatic rings. The molecule has 1 N–H and O–H groups in total. The van der Waals surface area contributed by atoms with E-state index in [1.165, 1.54) is 11.3 Å². The van der Waals surface area contributed by atoms with Gasteiger partial charge in [0.1, 0.15) is 0 Å². The van der Waals surface area contributed by atoms with E-state index in [0.717, 1.165) is 3.79 Å². The zero-order chi connectivity index (χ0) is 10.8. The second kappa shape index (κ2) is 4.59. The van der Waals surface area contributed by atoms with Crippen LogP contribution >= 0.6 is 38.9 Å². The first-order chi connectivity index (χ1) is 6.45. The van der Waals surface area contributed by atoms with Gasteiger partial charge in [-0.2, -0.15) is 0 Å². The number of halogens is 2. The van der Waals surface area contributed by atoms with Gasteiger partial charge in [-0.3, -0.25) is 4.79 Å². The number of aromatic nitrogens is 1. The maximum Gasteiger partial charge on any atom is 0.233 e. The van der Waals surface area contributed by atoms with E-state index in [0.29, 0.717) is 5.13 Å². The fraction of sp³-hybridized carbons (Fsp3) is 0.500. The maximum absolute atomic E-state index is 11.6. The van der Waals surface area contributed by atoms with Gasteiger partial charge in [-0.1, -0.05) is 11.3 Å². The Morgan fingerprint density at radius 2 is 2.43 bits per heavy atom. The summed E-state index contributed by atoms with van der Waals surface area (Å²) in [6.07, 6.45) is 1.65. The van der Waals surface area contributed by atoms with E-state index in [-0.39, 0.29) is 11.8 Å². The predicted molar refractivity (Wildman–Crippen MR) is 62.9 cm³/mol. The molecule has 1 amide bonds. The Morgan fingerprint density at radius 1 is 1.79 bits per heavy atom. The molecule has 1 aromatic heterocycles. The Bertz CT molecular complexity index is 340. The third-order valence-corrected chi connectivity index (χ3v) is 3.71. The highest BCUT2D eigenvalue weighted by Crippen LogP contribution is 2.25. The van der Waals surface area contributed by atoms with Crippen molar-refractivity contribution >= 4 is 49.9 Å². The zero-order valence-corrected chi connectivity index (χ0v) is 11.0. The van der Waals surface area contributed by atoms with Crippen LogP contribution in [0.4, 0.5) is 5.13 Å². The number of carbonyl (C=O) groups is 1. The first kappa shape index (κ1) is 11.9. The van der Waals surface area contributed by atoms with E-state index in [1.807, 2.05) is 0 Å². The van der Waals surface area contributed by atoms with E-state index >= 15 is 0 Å². The molecule has 0 saturated carbocycles. The Kier molecular flexibility index (Phi) is 3.92. The van der Waals surface area contributed by atoms with Crippen LogP contribution in [-0.4, -0.2) is 16.8 Å². The SMILES string of the molecule is CC(C)(CCl)C(=O)Nc1ncc(Br)s1. The van der Waals surface area contributed by atoms with Crippen LogP contribution in [0, 0.1) is 5.41 Å². The minimum absolute atomic E-state index is 0.116. The van der Waals surface area contributed by atoms with Crippen molar-refractivity contribution in [2.45, 2.75) is 13.8 Å². The smallest absolute Gasteiger partial charge is 0.233 e. The zero-order valence-electron chi connectivity index (χ0n) is 7.80. The van der Waals surface area contributed by atoms with Crippen molar-refractivity contribution in [2.75, 3.05) is 11.2 Å². The third kappa shape index (κ3) is 2.93. The first-order valence-electron chi connectivity index (χ1n) is 3.94.